The van der Waals surface area contributed by atoms with Crippen molar-refractivity contribution < 1.29 is 24.2 Å². The summed E-state index contributed by atoms with van der Waals surface area (Å²) < 4.78 is 11.1. The highest BCUT2D eigenvalue weighted by molar-refractivity contribution is 5.90. The van der Waals surface area contributed by atoms with Crippen molar-refractivity contribution in [3.8, 4) is 5.75 Å². The number of carbonyl (C=O) groups is 2. The maximum absolute atomic E-state index is 11.2. The second-order valence-electron chi connectivity index (χ2n) is 5.16. The fourth-order valence-corrected chi connectivity index (χ4v) is 2.23. The van der Waals surface area contributed by atoms with E-state index < -0.39 is 18.5 Å². The van der Waals surface area contributed by atoms with Gasteiger partial charge in [-0.1, -0.05) is 6.07 Å². The van der Waals surface area contributed by atoms with Gasteiger partial charge in [-0.3, -0.25) is 4.79 Å². The lowest BCUT2D eigenvalue weighted by Gasteiger charge is -2.31. The van der Waals surface area contributed by atoms with Crippen LogP contribution in [-0.2, 0) is 14.3 Å². The third kappa shape index (κ3) is 4.27. The third-order valence-corrected chi connectivity index (χ3v) is 3.15. The van der Waals surface area contributed by atoms with Crippen molar-refractivity contribution in [3.05, 3.63) is 23.8 Å². The lowest BCUT2D eigenvalue weighted by Crippen LogP contribution is -2.39. The molecule has 114 valence electrons. The number of carbonyl (C=O) groups excluding carboxylic acids is 2. The average Bonchev–Trinajstić information content (AvgIpc) is 2.40. The standard InChI is InChI=1S/C15H19NO5/c1-9-3-4-14(13(5-9)16-10(2)18)21-15-7-11(19)6-12(8-17)20-15/h3-5,8,11-12,15,19H,6-7H2,1-2H3,(H,16,18). The molecule has 0 aromatic heterocycles. The molecule has 1 aliphatic heterocycles. The zero-order valence-electron chi connectivity index (χ0n) is 12.0. The van der Waals surface area contributed by atoms with Gasteiger partial charge in [-0.25, -0.2) is 0 Å². The molecule has 0 spiro atoms. The molecule has 1 aromatic rings. The average molecular weight is 293 g/mol. The van der Waals surface area contributed by atoms with E-state index in [9.17, 15) is 14.7 Å². The normalized spacial score (nSPS) is 25.2. The molecule has 2 N–H and O–H groups in total. The number of aliphatic hydroxyl groups is 1. The highest BCUT2D eigenvalue weighted by atomic mass is 16.7. The first kappa shape index (κ1) is 15.5. The molecule has 1 aliphatic rings. The van der Waals surface area contributed by atoms with E-state index in [-0.39, 0.29) is 18.7 Å². The first-order valence-electron chi connectivity index (χ1n) is 6.81. The van der Waals surface area contributed by atoms with E-state index in [1.165, 1.54) is 6.92 Å². The molecule has 21 heavy (non-hydrogen) atoms. The minimum atomic E-state index is -0.723. The molecule has 2 rings (SSSR count). The number of nitrogens with one attached hydrogen (secondary N) is 1. The molecular weight excluding hydrogens is 274 g/mol. The highest BCUT2D eigenvalue weighted by Crippen LogP contribution is 2.29. The summed E-state index contributed by atoms with van der Waals surface area (Å²) >= 11 is 0. The van der Waals surface area contributed by atoms with Crippen LogP contribution in [0.1, 0.15) is 25.3 Å². The Morgan fingerprint density at radius 1 is 1.48 bits per heavy atom. The van der Waals surface area contributed by atoms with Crippen LogP contribution in [0, 0.1) is 6.92 Å². The van der Waals surface area contributed by atoms with Gasteiger partial charge >= 0.3 is 0 Å². The molecule has 1 heterocycles. The molecular formula is C15H19NO5. The number of rotatable bonds is 4. The minimum Gasteiger partial charge on any atom is -0.463 e. The Morgan fingerprint density at radius 2 is 2.24 bits per heavy atom. The van der Waals surface area contributed by atoms with Crippen molar-refractivity contribution >= 4 is 17.9 Å². The number of anilines is 1. The van der Waals surface area contributed by atoms with Gasteiger partial charge in [0, 0.05) is 19.8 Å². The summed E-state index contributed by atoms with van der Waals surface area (Å²) in [5.74, 6) is 0.236. The van der Waals surface area contributed by atoms with Gasteiger partial charge in [0.1, 0.15) is 18.1 Å². The van der Waals surface area contributed by atoms with Crippen molar-refractivity contribution in [3.63, 3.8) is 0 Å². The maximum Gasteiger partial charge on any atom is 0.221 e. The van der Waals surface area contributed by atoms with Crippen molar-refractivity contribution in [2.24, 2.45) is 0 Å². The van der Waals surface area contributed by atoms with E-state index in [0.717, 1.165) is 5.56 Å². The summed E-state index contributed by atoms with van der Waals surface area (Å²) in [5, 5.41) is 12.4. The number of ether oxygens (including phenoxy) is 2. The molecule has 0 aliphatic carbocycles. The van der Waals surface area contributed by atoms with Crippen LogP contribution in [0.4, 0.5) is 5.69 Å². The molecule has 3 unspecified atom stereocenters. The molecule has 0 bridgehead atoms. The SMILES string of the molecule is CC(=O)Nc1cc(C)ccc1OC1CC(O)CC(C=O)O1. The number of aldehydes is 1. The topological polar surface area (TPSA) is 84.9 Å². The summed E-state index contributed by atoms with van der Waals surface area (Å²) in [7, 11) is 0. The molecule has 6 heteroatoms. The Hall–Kier alpha value is -1.92. The Bertz CT molecular complexity index is 531. The zero-order chi connectivity index (χ0) is 15.4. The Morgan fingerprint density at radius 3 is 2.90 bits per heavy atom. The van der Waals surface area contributed by atoms with E-state index in [2.05, 4.69) is 5.32 Å². The number of aryl methyl sites for hydroxylation is 1. The first-order valence-corrected chi connectivity index (χ1v) is 6.81. The van der Waals surface area contributed by atoms with Crippen LogP contribution in [0.3, 0.4) is 0 Å². The van der Waals surface area contributed by atoms with Gasteiger partial charge in [0.25, 0.3) is 0 Å². The van der Waals surface area contributed by atoms with Crippen molar-refractivity contribution in [1.29, 1.82) is 0 Å². The number of aliphatic hydroxyl groups excluding tert-OH is 1. The van der Waals surface area contributed by atoms with Gasteiger partial charge in [0.05, 0.1) is 11.8 Å². The monoisotopic (exact) mass is 293 g/mol. The maximum atomic E-state index is 11.2. The summed E-state index contributed by atoms with van der Waals surface area (Å²) in [6.45, 7) is 3.31. The van der Waals surface area contributed by atoms with Crippen LogP contribution in [-0.4, -0.2) is 35.8 Å². The summed E-state index contributed by atoms with van der Waals surface area (Å²) in [4.78, 5) is 22.0. The molecule has 0 saturated carbocycles. The molecule has 6 nitrogen and oxygen atoms in total. The second-order valence-corrected chi connectivity index (χ2v) is 5.16. The van der Waals surface area contributed by atoms with Gasteiger partial charge in [0.2, 0.25) is 12.2 Å². The second kappa shape index (κ2) is 6.69. The van der Waals surface area contributed by atoms with Gasteiger partial charge < -0.3 is 24.7 Å². The first-order chi connectivity index (χ1) is 9.97. The van der Waals surface area contributed by atoms with Crippen LogP contribution < -0.4 is 10.1 Å². The smallest absolute Gasteiger partial charge is 0.221 e. The quantitative estimate of drug-likeness (QED) is 0.820. The Kier molecular flexibility index (Phi) is 4.93. The van der Waals surface area contributed by atoms with Gasteiger partial charge in [-0.05, 0) is 24.6 Å². The number of hydrogen-bond acceptors (Lipinski definition) is 5. The van der Waals surface area contributed by atoms with Crippen molar-refractivity contribution in [2.75, 3.05) is 5.32 Å². The van der Waals surface area contributed by atoms with Crippen LogP contribution in [0.5, 0.6) is 5.75 Å². The van der Waals surface area contributed by atoms with Gasteiger partial charge in [-0.15, -0.1) is 0 Å². The number of amides is 1. The third-order valence-electron chi connectivity index (χ3n) is 3.15. The van der Waals surface area contributed by atoms with E-state index >= 15 is 0 Å². The van der Waals surface area contributed by atoms with Gasteiger partial charge in [-0.2, -0.15) is 0 Å². The molecule has 0 radical (unpaired) electrons. The van der Waals surface area contributed by atoms with Gasteiger partial charge in [0.15, 0.2) is 0 Å². The summed E-state index contributed by atoms with van der Waals surface area (Å²) in [6, 6.07) is 5.35. The molecule has 1 saturated heterocycles. The predicted molar refractivity (Wildman–Crippen MR) is 76.1 cm³/mol. The Balaban J connectivity index is 2.14. The predicted octanol–water partition coefficient (Wildman–Crippen LogP) is 1.40. The largest absolute Gasteiger partial charge is 0.463 e. The van der Waals surface area contributed by atoms with Crippen molar-refractivity contribution in [2.45, 2.75) is 45.2 Å². The number of hydrogen-bond donors (Lipinski definition) is 2. The molecule has 1 aromatic carbocycles. The fraction of sp³-hybridized carbons (Fsp3) is 0.467. The number of benzene rings is 1. The summed E-state index contributed by atoms with van der Waals surface area (Å²) in [6.07, 6.45) is -0.836. The van der Waals surface area contributed by atoms with Crippen LogP contribution >= 0.6 is 0 Å². The van der Waals surface area contributed by atoms with Crippen LogP contribution in [0.15, 0.2) is 18.2 Å². The highest BCUT2D eigenvalue weighted by Gasteiger charge is 2.29. The van der Waals surface area contributed by atoms with E-state index in [4.69, 9.17) is 9.47 Å². The molecule has 1 amide bonds. The zero-order valence-corrected chi connectivity index (χ0v) is 12.0. The van der Waals surface area contributed by atoms with E-state index in [1.807, 2.05) is 13.0 Å². The Labute approximate surface area is 123 Å². The minimum absolute atomic E-state index is 0.208. The van der Waals surface area contributed by atoms with E-state index in [1.54, 1.807) is 12.1 Å². The van der Waals surface area contributed by atoms with Crippen LogP contribution in [0.2, 0.25) is 0 Å². The van der Waals surface area contributed by atoms with Crippen molar-refractivity contribution in [1.82, 2.24) is 0 Å². The molecule has 1 fully saturated rings. The lowest BCUT2D eigenvalue weighted by atomic mass is 10.1. The summed E-state index contributed by atoms with van der Waals surface area (Å²) in [5.41, 5.74) is 1.51. The molecule has 3 atom stereocenters. The lowest BCUT2D eigenvalue weighted by molar-refractivity contribution is -0.175. The fourth-order valence-electron chi connectivity index (χ4n) is 2.23. The van der Waals surface area contributed by atoms with E-state index in [0.29, 0.717) is 17.7 Å². The van der Waals surface area contributed by atoms with Crippen LogP contribution in [0.25, 0.3) is 0 Å².